The number of hydrogen-bond donors (Lipinski definition) is 0. The lowest BCUT2D eigenvalue weighted by Crippen LogP contribution is -2.13. The maximum Gasteiger partial charge on any atom is 0.277 e. The van der Waals surface area contributed by atoms with E-state index in [0.29, 0.717) is 28.6 Å². The van der Waals surface area contributed by atoms with Crippen LogP contribution >= 0.6 is 11.8 Å². The number of hydrogen-bond acceptors (Lipinski definition) is 7. The molecule has 0 spiro atoms. The topological polar surface area (TPSA) is 77.8 Å². The Balaban J connectivity index is 1.65. The molecule has 0 N–H and O–H groups in total. The number of benzene rings is 1. The van der Waals surface area contributed by atoms with Gasteiger partial charge in [0.1, 0.15) is 0 Å². The Morgan fingerprint density at radius 1 is 1.09 bits per heavy atom. The highest BCUT2D eigenvalue weighted by Gasteiger charge is 2.21. The van der Waals surface area contributed by atoms with Crippen LogP contribution in [0.1, 0.15) is 32.5 Å². The Labute approximate surface area is 132 Å². The third-order valence-electron chi connectivity index (χ3n) is 2.89. The van der Waals surface area contributed by atoms with Gasteiger partial charge in [0.25, 0.3) is 5.22 Å². The first kappa shape index (κ1) is 14.8. The Morgan fingerprint density at radius 3 is 2.55 bits per heavy atom. The van der Waals surface area contributed by atoms with Gasteiger partial charge in [-0.1, -0.05) is 55.9 Å². The lowest BCUT2D eigenvalue weighted by molar-refractivity contribution is 0.372. The van der Waals surface area contributed by atoms with E-state index in [1.54, 1.807) is 0 Å². The molecule has 22 heavy (non-hydrogen) atoms. The molecule has 0 saturated carbocycles. The summed E-state index contributed by atoms with van der Waals surface area (Å²) >= 11 is 1.38. The Morgan fingerprint density at radius 2 is 1.86 bits per heavy atom. The average Bonchev–Trinajstić information content (AvgIpc) is 3.15. The molecule has 2 heterocycles. The molecule has 3 aromatic rings. The van der Waals surface area contributed by atoms with E-state index >= 15 is 0 Å². The first-order chi connectivity index (χ1) is 10.5. The van der Waals surface area contributed by atoms with Crippen molar-refractivity contribution in [1.29, 1.82) is 0 Å². The molecule has 7 heteroatoms. The summed E-state index contributed by atoms with van der Waals surface area (Å²) in [6.45, 7) is 6.12. The molecule has 0 aliphatic heterocycles. The maximum atomic E-state index is 5.62. The van der Waals surface area contributed by atoms with Crippen LogP contribution in [0.5, 0.6) is 0 Å². The summed E-state index contributed by atoms with van der Waals surface area (Å²) in [4.78, 5) is 4.37. The number of aromatic nitrogens is 4. The van der Waals surface area contributed by atoms with Crippen LogP contribution in [0.4, 0.5) is 0 Å². The summed E-state index contributed by atoms with van der Waals surface area (Å²) in [6.07, 6.45) is 0. The second kappa shape index (κ2) is 5.92. The molecule has 2 aromatic heterocycles. The van der Waals surface area contributed by atoms with Gasteiger partial charge in [0.05, 0.1) is 5.75 Å². The second-order valence-corrected chi connectivity index (χ2v) is 6.72. The Hall–Kier alpha value is -2.15. The molecule has 3 rings (SSSR count). The minimum Gasteiger partial charge on any atom is -0.411 e. The summed E-state index contributed by atoms with van der Waals surface area (Å²) < 4.78 is 10.8. The highest BCUT2D eigenvalue weighted by Crippen LogP contribution is 2.26. The maximum absolute atomic E-state index is 5.62. The van der Waals surface area contributed by atoms with Gasteiger partial charge in [0.15, 0.2) is 5.82 Å². The number of nitrogens with zero attached hydrogens (tertiary/aromatic N) is 4. The Kier molecular flexibility index (Phi) is 3.98. The average molecular weight is 316 g/mol. The van der Waals surface area contributed by atoms with Crippen molar-refractivity contribution >= 4 is 11.8 Å². The fourth-order valence-corrected chi connectivity index (χ4v) is 2.31. The van der Waals surface area contributed by atoms with Crippen molar-refractivity contribution in [3.8, 4) is 11.5 Å². The summed E-state index contributed by atoms with van der Waals surface area (Å²) in [5.41, 5.74) is 0.770. The van der Waals surface area contributed by atoms with Gasteiger partial charge in [0.2, 0.25) is 11.8 Å². The normalized spacial score (nSPS) is 11.8. The first-order valence-electron chi connectivity index (χ1n) is 6.87. The van der Waals surface area contributed by atoms with Gasteiger partial charge in [-0.05, 0) is 12.1 Å². The van der Waals surface area contributed by atoms with Crippen LogP contribution in [0.15, 0.2) is 44.5 Å². The van der Waals surface area contributed by atoms with E-state index in [0.717, 1.165) is 5.56 Å². The third kappa shape index (κ3) is 3.36. The van der Waals surface area contributed by atoms with Crippen LogP contribution < -0.4 is 0 Å². The quantitative estimate of drug-likeness (QED) is 0.679. The third-order valence-corrected chi connectivity index (χ3v) is 3.69. The summed E-state index contributed by atoms with van der Waals surface area (Å²) in [7, 11) is 0. The first-order valence-corrected chi connectivity index (χ1v) is 7.86. The van der Waals surface area contributed by atoms with Crippen LogP contribution in [0.3, 0.4) is 0 Å². The molecule has 6 nitrogen and oxygen atoms in total. The van der Waals surface area contributed by atoms with Crippen molar-refractivity contribution in [2.45, 2.75) is 37.2 Å². The van der Waals surface area contributed by atoms with Crippen LogP contribution in [0.2, 0.25) is 0 Å². The van der Waals surface area contributed by atoms with Crippen molar-refractivity contribution in [2.24, 2.45) is 0 Å². The molecule has 0 amide bonds. The minimum absolute atomic E-state index is 0.128. The van der Waals surface area contributed by atoms with Crippen molar-refractivity contribution in [3.63, 3.8) is 0 Å². The lowest BCUT2D eigenvalue weighted by Gasteiger charge is -2.10. The molecule has 0 aliphatic rings. The van der Waals surface area contributed by atoms with Gasteiger partial charge < -0.3 is 8.94 Å². The fraction of sp³-hybridized carbons (Fsp3) is 0.333. The van der Waals surface area contributed by atoms with Gasteiger partial charge in [-0.25, -0.2) is 0 Å². The van der Waals surface area contributed by atoms with Crippen molar-refractivity contribution in [1.82, 2.24) is 20.3 Å². The molecule has 0 bridgehead atoms. The molecular weight excluding hydrogens is 300 g/mol. The standard InChI is InChI=1S/C15H16N4O2S/c1-15(2,3)13-16-11(21-19-13)9-22-14-18-17-12(20-14)10-7-5-4-6-8-10/h4-8H,9H2,1-3H3. The molecule has 114 valence electrons. The molecule has 0 aliphatic carbocycles. The molecular formula is C15H16N4O2S. The molecule has 0 saturated heterocycles. The molecule has 0 atom stereocenters. The highest BCUT2D eigenvalue weighted by molar-refractivity contribution is 7.98. The van der Waals surface area contributed by atoms with E-state index < -0.39 is 0 Å². The van der Waals surface area contributed by atoms with E-state index in [9.17, 15) is 0 Å². The van der Waals surface area contributed by atoms with Gasteiger partial charge in [0, 0.05) is 11.0 Å². The number of thioether (sulfide) groups is 1. The van der Waals surface area contributed by atoms with E-state index in [1.807, 2.05) is 51.1 Å². The molecule has 1 aromatic carbocycles. The summed E-state index contributed by atoms with van der Waals surface area (Å²) in [6, 6.07) is 9.65. The zero-order valence-corrected chi connectivity index (χ0v) is 13.4. The van der Waals surface area contributed by atoms with Gasteiger partial charge >= 0.3 is 0 Å². The van der Waals surface area contributed by atoms with Gasteiger partial charge in [-0.2, -0.15) is 4.98 Å². The van der Waals surface area contributed by atoms with Crippen molar-refractivity contribution in [2.75, 3.05) is 0 Å². The largest absolute Gasteiger partial charge is 0.411 e. The van der Waals surface area contributed by atoms with E-state index in [-0.39, 0.29) is 5.41 Å². The fourth-order valence-electron chi connectivity index (χ4n) is 1.71. The van der Waals surface area contributed by atoms with Crippen LogP contribution in [0.25, 0.3) is 11.5 Å². The Bertz CT molecular complexity index is 746. The van der Waals surface area contributed by atoms with Gasteiger partial charge in [-0.15, -0.1) is 10.2 Å². The van der Waals surface area contributed by atoms with Crippen molar-refractivity contribution < 1.29 is 8.94 Å². The van der Waals surface area contributed by atoms with Crippen molar-refractivity contribution in [3.05, 3.63) is 42.0 Å². The van der Waals surface area contributed by atoms with Crippen LogP contribution in [-0.2, 0) is 11.2 Å². The zero-order valence-electron chi connectivity index (χ0n) is 12.6. The monoisotopic (exact) mass is 316 g/mol. The molecule has 0 unspecified atom stereocenters. The van der Waals surface area contributed by atoms with Gasteiger partial charge in [-0.3, -0.25) is 0 Å². The zero-order chi connectivity index (χ0) is 15.6. The second-order valence-electron chi connectivity index (χ2n) is 5.79. The smallest absolute Gasteiger partial charge is 0.277 e. The molecule has 0 fully saturated rings. The summed E-state index contributed by atoms with van der Waals surface area (Å²) in [5, 5.41) is 12.5. The van der Waals surface area contributed by atoms with E-state index in [1.165, 1.54) is 11.8 Å². The predicted octanol–water partition coefficient (Wildman–Crippen LogP) is 3.71. The minimum atomic E-state index is -0.128. The highest BCUT2D eigenvalue weighted by atomic mass is 32.2. The number of rotatable bonds is 4. The van der Waals surface area contributed by atoms with E-state index in [4.69, 9.17) is 8.94 Å². The predicted molar refractivity (Wildman–Crippen MR) is 82.3 cm³/mol. The van der Waals surface area contributed by atoms with Crippen LogP contribution in [-0.4, -0.2) is 20.3 Å². The lowest BCUT2D eigenvalue weighted by atomic mass is 9.96. The SMILES string of the molecule is CC(C)(C)c1noc(CSc2nnc(-c3ccccc3)o2)n1. The van der Waals surface area contributed by atoms with E-state index in [2.05, 4.69) is 20.3 Å². The summed E-state index contributed by atoms with van der Waals surface area (Å²) in [5.74, 6) is 2.25. The van der Waals surface area contributed by atoms with Crippen LogP contribution in [0, 0.1) is 0 Å². The molecule has 0 radical (unpaired) electrons.